The van der Waals surface area contributed by atoms with E-state index in [1.807, 2.05) is 0 Å². The van der Waals surface area contributed by atoms with Gasteiger partial charge in [0, 0.05) is 45.7 Å². The van der Waals surface area contributed by atoms with Crippen LogP contribution < -0.4 is 11.1 Å². The van der Waals surface area contributed by atoms with E-state index >= 15 is 0 Å². The quantitative estimate of drug-likeness (QED) is 0.334. The predicted octanol–water partition coefficient (Wildman–Crippen LogP) is 4.50. The molecule has 0 aliphatic carbocycles. The molecule has 1 aliphatic heterocycles. The van der Waals surface area contributed by atoms with Crippen LogP contribution in [0.5, 0.6) is 0 Å². The number of ether oxygens (including phenoxy) is 1. The summed E-state index contributed by atoms with van der Waals surface area (Å²) in [5.41, 5.74) is 8.63. The molecule has 5 rings (SSSR count). The summed E-state index contributed by atoms with van der Waals surface area (Å²) < 4.78 is 61.3. The standard InChI is InChI=1S/C28H31N5O4S/c1-18(2)38(34,35)23-9-7-21(8-10-23)25-17-31-28(29)27(32-25)26-15-24(33-37-26)20-5-3-19(4-6-20)16-30-22-11-13-36-14-12-22/h3-10,15,17-18,22,30H,11-14,16H2,1-2H3,(H2,29,31)/i5D,16D2. The minimum atomic E-state index is -3.40. The number of nitrogens with zero attached hydrogens (tertiary/aromatic N) is 3. The summed E-state index contributed by atoms with van der Waals surface area (Å²) in [6, 6.07) is 12.8. The smallest absolute Gasteiger partial charge is 0.189 e. The van der Waals surface area contributed by atoms with Crippen molar-refractivity contribution < 1.29 is 21.8 Å². The number of hydrogen-bond acceptors (Lipinski definition) is 9. The first kappa shape index (κ1) is 22.4. The van der Waals surface area contributed by atoms with Gasteiger partial charge in [-0.2, -0.15) is 0 Å². The number of nitrogen functional groups attached to an aromatic ring is 1. The van der Waals surface area contributed by atoms with Crippen LogP contribution in [-0.2, 0) is 21.1 Å². The molecule has 10 heteroatoms. The predicted molar refractivity (Wildman–Crippen MR) is 146 cm³/mol. The normalized spacial score (nSPS) is 16.2. The Bertz CT molecular complexity index is 1650. The van der Waals surface area contributed by atoms with Gasteiger partial charge in [-0.1, -0.05) is 41.5 Å². The van der Waals surface area contributed by atoms with Crippen molar-refractivity contribution in [3.8, 4) is 34.0 Å². The number of benzene rings is 2. The Labute approximate surface area is 226 Å². The Morgan fingerprint density at radius 1 is 1.11 bits per heavy atom. The molecule has 1 saturated heterocycles. The number of nitrogens with two attached hydrogens (primary N) is 1. The molecular formula is C28H31N5O4S. The van der Waals surface area contributed by atoms with Crippen molar-refractivity contribution in [3.63, 3.8) is 0 Å². The summed E-state index contributed by atoms with van der Waals surface area (Å²) in [6.07, 6.45) is 2.95. The highest BCUT2D eigenvalue weighted by Crippen LogP contribution is 2.30. The van der Waals surface area contributed by atoms with Crippen LogP contribution in [0.1, 0.15) is 36.4 Å². The summed E-state index contributed by atoms with van der Waals surface area (Å²) in [5.74, 6) is 0.357. The molecule has 0 spiro atoms. The second kappa shape index (κ2) is 11.0. The van der Waals surface area contributed by atoms with E-state index in [0.29, 0.717) is 41.3 Å². The molecule has 198 valence electrons. The molecule has 1 fully saturated rings. The van der Waals surface area contributed by atoms with Gasteiger partial charge in [0.25, 0.3) is 0 Å². The van der Waals surface area contributed by atoms with E-state index in [4.69, 9.17) is 19.1 Å². The third-order valence-electron chi connectivity index (χ3n) is 6.37. The third-order valence-corrected chi connectivity index (χ3v) is 8.54. The van der Waals surface area contributed by atoms with Crippen LogP contribution in [0.2, 0.25) is 0 Å². The Balaban J connectivity index is 1.38. The molecule has 1 aliphatic rings. The third kappa shape index (κ3) is 5.62. The Morgan fingerprint density at radius 2 is 1.84 bits per heavy atom. The van der Waals surface area contributed by atoms with Crippen LogP contribution in [0.25, 0.3) is 34.0 Å². The second-order valence-electron chi connectivity index (χ2n) is 9.33. The minimum absolute atomic E-state index is 0.000875. The van der Waals surface area contributed by atoms with Crippen molar-refractivity contribution in [2.75, 3.05) is 18.9 Å². The highest BCUT2D eigenvalue weighted by Gasteiger charge is 2.20. The summed E-state index contributed by atoms with van der Waals surface area (Å²) in [5, 5.41) is 6.61. The highest BCUT2D eigenvalue weighted by atomic mass is 32.2. The zero-order valence-corrected chi connectivity index (χ0v) is 22.0. The summed E-state index contributed by atoms with van der Waals surface area (Å²) in [7, 11) is -3.40. The van der Waals surface area contributed by atoms with E-state index in [1.54, 1.807) is 44.2 Å². The second-order valence-corrected chi connectivity index (χ2v) is 11.8. The Kier molecular flexibility index (Phi) is 6.49. The molecular weight excluding hydrogens is 502 g/mol. The average molecular weight is 537 g/mol. The van der Waals surface area contributed by atoms with Gasteiger partial charge in [-0.3, -0.25) is 0 Å². The van der Waals surface area contributed by atoms with Crippen LogP contribution in [0, 0.1) is 0 Å². The summed E-state index contributed by atoms with van der Waals surface area (Å²) >= 11 is 0. The maximum atomic E-state index is 12.5. The maximum absolute atomic E-state index is 12.5. The van der Waals surface area contributed by atoms with Gasteiger partial charge in [0.05, 0.1) is 23.4 Å². The van der Waals surface area contributed by atoms with Gasteiger partial charge in [-0.15, -0.1) is 0 Å². The van der Waals surface area contributed by atoms with Crippen LogP contribution in [0.4, 0.5) is 5.82 Å². The van der Waals surface area contributed by atoms with E-state index in [-0.39, 0.29) is 34.3 Å². The largest absolute Gasteiger partial charge is 0.382 e. The number of nitrogens with one attached hydrogen (secondary N) is 1. The molecule has 4 aromatic rings. The van der Waals surface area contributed by atoms with Crippen molar-refractivity contribution in [2.24, 2.45) is 0 Å². The molecule has 2 aromatic carbocycles. The molecule has 9 nitrogen and oxygen atoms in total. The first-order valence-corrected chi connectivity index (χ1v) is 13.9. The van der Waals surface area contributed by atoms with Crippen molar-refractivity contribution in [3.05, 3.63) is 66.3 Å². The SMILES string of the molecule is [2H]c1cc(C([2H])([2H])NC2CCOCC2)ccc1-c1cc(-c2nc(-c3ccc(S(=O)(=O)C(C)C)cc3)cnc2N)on1. The van der Waals surface area contributed by atoms with E-state index < -0.39 is 21.6 Å². The fraction of sp³-hybridized carbons (Fsp3) is 0.321. The van der Waals surface area contributed by atoms with Gasteiger partial charge >= 0.3 is 0 Å². The van der Waals surface area contributed by atoms with E-state index in [2.05, 4.69) is 20.4 Å². The number of aromatic nitrogens is 3. The Hall–Kier alpha value is -3.60. The Morgan fingerprint density at radius 3 is 2.55 bits per heavy atom. The summed E-state index contributed by atoms with van der Waals surface area (Å²) in [6.45, 7) is 2.64. The van der Waals surface area contributed by atoms with Gasteiger partial charge in [-0.25, -0.2) is 18.4 Å². The van der Waals surface area contributed by atoms with Gasteiger partial charge in [0.1, 0.15) is 5.69 Å². The number of anilines is 1. The molecule has 0 bridgehead atoms. The molecule has 3 N–H and O–H groups in total. The molecule has 0 atom stereocenters. The molecule has 2 aromatic heterocycles. The first-order valence-electron chi connectivity index (χ1n) is 13.9. The fourth-order valence-electron chi connectivity index (χ4n) is 4.01. The lowest BCUT2D eigenvalue weighted by Gasteiger charge is -2.23. The van der Waals surface area contributed by atoms with Crippen molar-refractivity contribution in [1.29, 1.82) is 0 Å². The van der Waals surface area contributed by atoms with E-state index in [1.165, 1.54) is 24.4 Å². The van der Waals surface area contributed by atoms with Gasteiger partial charge < -0.3 is 20.3 Å². The fourth-order valence-corrected chi connectivity index (χ4v) is 5.07. The lowest BCUT2D eigenvalue weighted by molar-refractivity contribution is 0.0776. The van der Waals surface area contributed by atoms with E-state index in [9.17, 15) is 8.42 Å². The van der Waals surface area contributed by atoms with Crippen LogP contribution in [0.15, 0.2) is 70.2 Å². The molecule has 0 amide bonds. The maximum Gasteiger partial charge on any atom is 0.189 e. The summed E-state index contributed by atoms with van der Waals surface area (Å²) in [4.78, 5) is 9.05. The van der Waals surface area contributed by atoms with E-state index in [0.717, 1.165) is 12.8 Å². The minimum Gasteiger partial charge on any atom is -0.382 e. The molecule has 0 radical (unpaired) electrons. The van der Waals surface area contributed by atoms with Gasteiger partial charge in [0.15, 0.2) is 27.1 Å². The zero-order valence-electron chi connectivity index (χ0n) is 24.1. The van der Waals surface area contributed by atoms with Crippen molar-refractivity contribution in [2.45, 2.75) is 49.4 Å². The van der Waals surface area contributed by atoms with Crippen LogP contribution >= 0.6 is 0 Å². The monoisotopic (exact) mass is 536 g/mol. The topological polar surface area (TPSA) is 133 Å². The van der Waals surface area contributed by atoms with Crippen molar-refractivity contribution in [1.82, 2.24) is 20.4 Å². The molecule has 3 heterocycles. The van der Waals surface area contributed by atoms with Gasteiger partial charge in [-0.05, 0) is 44.4 Å². The molecule has 38 heavy (non-hydrogen) atoms. The number of sulfone groups is 1. The van der Waals surface area contributed by atoms with Crippen LogP contribution in [-0.4, -0.2) is 48.0 Å². The average Bonchev–Trinajstić information content (AvgIpc) is 3.43. The molecule has 0 saturated carbocycles. The lowest BCUT2D eigenvalue weighted by Crippen LogP contribution is -2.34. The van der Waals surface area contributed by atoms with Crippen LogP contribution in [0.3, 0.4) is 0 Å². The number of hydrogen-bond donors (Lipinski definition) is 2. The highest BCUT2D eigenvalue weighted by molar-refractivity contribution is 7.92. The van der Waals surface area contributed by atoms with Crippen molar-refractivity contribution >= 4 is 15.7 Å². The lowest BCUT2D eigenvalue weighted by atomic mass is 10.1. The van der Waals surface area contributed by atoms with Gasteiger partial charge in [0.2, 0.25) is 0 Å². The molecule has 0 unspecified atom stereocenters. The number of rotatable bonds is 8. The zero-order chi connectivity index (χ0) is 29.4. The first-order chi connectivity index (χ1) is 19.5.